The van der Waals surface area contributed by atoms with Crippen LogP contribution in [0.4, 0.5) is 11.8 Å². The number of phenolic OH excluding ortho intramolecular Hbond substituents is 1. The predicted molar refractivity (Wildman–Crippen MR) is 105 cm³/mol. The molecule has 0 bridgehead atoms. The average Bonchev–Trinajstić information content (AvgIpc) is 2.69. The molecule has 1 aliphatic carbocycles. The smallest absolute Gasteiger partial charge is 0.224 e. The van der Waals surface area contributed by atoms with E-state index in [-0.39, 0.29) is 23.3 Å². The number of nitriles is 1. The Labute approximate surface area is 164 Å². The van der Waals surface area contributed by atoms with E-state index in [1.807, 2.05) is 19.9 Å². The Kier molecular flexibility index (Phi) is 5.56. The van der Waals surface area contributed by atoms with Crippen LogP contribution in [-0.2, 0) is 6.42 Å². The van der Waals surface area contributed by atoms with Crippen molar-refractivity contribution in [3.8, 4) is 17.6 Å². The number of nitrogens with zero attached hydrogens (tertiary/aromatic N) is 3. The zero-order valence-electron chi connectivity index (χ0n) is 16.2. The zero-order chi connectivity index (χ0) is 20.3. The number of aromatic nitrogens is 2. The lowest BCUT2D eigenvalue weighted by molar-refractivity contribution is -0.0511. The molecule has 1 aliphatic rings. The van der Waals surface area contributed by atoms with Gasteiger partial charge in [0.2, 0.25) is 5.95 Å². The van der Waals surface area contributed by atoms with Gasteiger partial charge in [0.1, 0.15) is 17.5 Å². The highest BCUT2D eigenvalue weighted by Gasteiger charge is 2.47. The van der Waals surface area contributed by atoms with Gasteiger partial charge in [0, 0.05) is 18.0 Å². The molecule has 2 atom stereocenters. The van der Waals surface area contributed by atoms with E-state index in [4.69, 9.17) is 4.74 Å². The molecule has 8 heteroatoms. The fourth-order valence-corrected chi connectivity index (χ4v) is 3.17. The Morgan fingerprint density at radius 2 is 2.18 bits per heavy atom. The van der Waals surface area contributed by atoms with Crippen molar-refractivity contribution >= 4 is 11.8 Å². The highest BCUT2D eigenvalue weighted by molar-refractivity contribution is 5.54. The number of benzene rings is 1. The van der Waals surface area contributed by atoms with Crippen LogP contribution in [0.25, 0.3) is 0 Å². The van der Waals surface area contributed by atoms with Crippen molar-refractivity contribution in [2.24, 2.45) is 5.41 Å². The molecule has 0 spiro atoms. The molecule has 1 fully saturated rings. The normalized spacial score (nSPS) is 20.0. The van der Waals surface area contributed by atoms with Crippen LogP contribution in [-0.4, -0.2) is 46.0 Å². The fourth-order valence-electron chi connectivity index (χ4n) is 3.17. The first kappa shape index (κ1) is 19.7. The highest BCUT2D eigenvalue weighted by Crippen LogP contribution is 2.42. The Bertz CT molecular complexity index is 894. The summed E-state index contributed by atoms with van der Waals surface area (Å²) in [4.78, 5) is 8.63. The van der Waals surface area contributed by atoms with E-state index in [1.54, 1.807) is 12.1 Å². The van der Waals surface area contributed by atoms with Gasteiger partial charge in [-0.1, -0.05) is 19.9 Å². The SMILES string of the molecule is COc1cc(CCNc2ncc(C#N)c(N[C@@H]3C[C@H](O)C3(C)C)n2)ccc1O. The van der Waals surface area contributed by atoms with Crippen LogP contribution in [0.1, 0.15) is 31.4 Å². The number of nitrogens with one attached hydrogen (secondary N) is 2. The van der Waals surface area contributed by atoms with Crippen molar-refractivity contribution in [1.82, 2.24) is 9.97 Å². The number of hydrogen-bond acceptors (Lipinski definition) is 8. The minimum atomic E-state index is -0.364. The predicted octanol–water partition coefficient (Wildman–Crippen LogP) is 2.29. The van der Waals surface area contributed by atoms with Gasteiger partial charge < -0.3 is 25.6 Å². The highest BCUT2D eigenvalue weighted by atomic mass is 16.5. The molecule has 0 amide bonds. The van der Waals surface area contributed by atoms with E-state index >= 15 is 0 Å². The molecule has 8 nitrogen and oxygen atoms in total. The Morgan fingerprint density at radius 1 is 1.39 bits per heavy atom. The Hall–Kier alpha value is -3.05. The van der Waals surface area contributed by atoms with Crippen molar-refractivity contribution in [1.29, 1.82) is 5.26 Å². The molecule has 148 valence electrons. The largest absolute Gasteiger partial charge is 0.504 e. The molecular weight excluding hydrogens is 358 g/mol. The van der Waals surface area contributed by atoms with E-state index in [1.165, 1.54) is 13.3 Å². The molecule has 28 heavy (non-hydrogen) atoms. The van der Waals surface area contributed by atoms with Crippen LogP contribution in [0.5, 0.6) is 11.5 Å². The van der Waals surface area contributed by atoms with Gasteiger partial charge in [0.25, 0.3) is 0 Å². The lowest BCUT2D eigenvalue weighted by Gasteiger charge is -2.49. The van der Waals surface area contributed by atoms with Crippen LogP contribution in [0.2, 0.25) is 0 Å². The van der Waals surface area contributed by atoms with Gasteiger partial charge >= 0.3 is 0 Å². The number of hydrogen-bond donors (Lipinski definition) is 4. The second-order valence-electron chi connectivity index (χ2n) is 7.52. The first-order chi connectivity index (χ1) is 13.3. The van der Waals surface area contributed by atoms with Crippen LogP contribution >= 0.6 is 0 Å². The van der Waals surface area contributed by atoms with E-state index < -0.39 is 0 Å². The van der Waals surface area contributed by atoms with Crippen LogP contribution in [0, 0.1) is 16.7 Å². The van der Waals surface area contributed by atoms with Crippen LogP contribution in [0.15, 0.2) is 24.4 Å². The Morgan fingerprint density at radius 3 is 2.82 bits per heavy atom. The summed E-state index contributed by atoms with van der Waals surface area (Å²) in [6.45, 7) is 4.54. The maximum Gasteiger partial charge on any atom is 0.224 e. The molecule has 1 aromatic heterocycles. The number of aliphatic hydroxyl groups excluding tert-OH is 1. The number of rotatable bonds is 7. The van der Waals surface area contributed by atoms with Crippen molar-refractivity contribution in [3.05, 3.63) is 35.5 Å². The molecule has 4 N–H and O–H groups in total. The van der Waals surface area contributed by atoms with Gasteiger partial charge in [-0.25, -0.2) is 4.98 Å². The molecule has 0 saturated heterocycles. The minimum absolute atomic E-state index is 0.0433. The number of aromatic hydroxyl groups is 1. The van der Waals surface area contributed by atoms with E-state index in [0.717, 1.165) is 5.56 Å². The summed E-state index contributed by atoms with van der Waals surface area (Å²) in [5.41, 5.74) is 1.09. The lowest BCUT2D eigenvalue weighted by atomic mass is 9.64. The molecule has 1 heterocycles. The van der Waals surface area contributed by atoms with Gasteiger partial charge in [-0.05, 0) is 30.5 Å². The third-order valence-corrected chi connectivity index (χ3v) is 5.38. The van der Waals surface area contributed by atoms with Gasteiger partial charge in [0.15, 0.2) is 11.5 Å². The quantitative estimate of drug-likeness (QED) is 0.574. The lowest BCUT2D eigenvalue weighted by Crippen LogP contribution is -2.57. The molecule has 3 rings (SSSR count). The van der Waals surface area contributed by atoms with Crippen molar-refractivity contribution in [3.63, 3.8) is 0 Å². The number of phenols is 1. The number of methoxy groups -OCH3 is 1. The number of anilines is 2. The van der Waals surface area contributed by atoms with E-state index in [2.05, 4.69) is 26.7 Å². The monoisotopic (exact) mass is 383 g/mol. The zero-order valence-corrected chi connectivity index (χ0v) is 16.2. The molecular formula is C20H25N5O3. The maximum atomic E-state index is 9.91. The molecule has 1 aromatic carbocycles. The van der Waals surface area contributed by atoms with Crippen molar-refractivity contribution in [2.75, 3.05) is 24.3 Å². The third kappa shape index (κ3) is 3.94. The third-order valence-electron chi connectivity index (χ3n) is 5.38. The summed E-state index contributed by atoms with van der Waals surface area (Å²) in [6.07, 6.45) is 2.43. The molecule has 0 aliphatic heterocycles. The van der Waals surface area contributed by atoms with E-state index in [9.17, 15) is 15.5 Å². The topological polar surface area (TPSA) is 123 Å². The Balaban J connectivity index is 1.64. The average molecular weight is 383 g/mol. The summed E-state index contributed by atoms with van der Waals surface area (Å²) in [7, 11) is 1.51. The summed E-state index contributed by atoms with van der Waals surface area (Å²) in [5, 5.41) is 35.3. The summed E-state index contributed by atoms with van der Waals surface area (Å²) in [5.74, 6) is 1.43. The maximum absolute atomic E-state index is 9.91. The van der Waals surface area contributed by atoms with Crippen LogP contribution in [0.3, 0.4) is 0 Å². The van der Waals surface area contributed by atoms with Gasteiger partial charge in [-0.15, -0.1) is 0 Å². The number of ether oxygens (including phenoxy) is 1. The molecule has 0 radical (unpaired) electrons. The van der Waals surface area contributed by atoms with Crippen LogP contribution < -0.4 is 15.4 Å². The molecule has 0 unspecified atom stereocenters. The van der Waals surface area contributed by atoms with Gasteiger partial charge in [0.05, 0.1) is 19.4 Å². The first-order valence-corrected chi connectivity index (χ1v) is 9.16. The van der Waals surface area contributed by atoms with Gasteiger partial charge in [-0.3, -0.25) is 0 Å². The fraction of sp³-hybridized carbons (Fsp3) is 0.450. The molecule has 1 saturated carbocycles. The summed E-state index contributed by atoms with van der Waals surface area (Å²) >= 11 is 0. The number of aliphatic hydroxyl groups is 1. The standard InChI is InChI=1S/C20H25N5O3/c1-20(2)16(9-17(20)27)24-18-13(10-21)11-23-19(25-18)22-7-6-12-4-5-14(26)15(8-12)28-3/h4-5,8,11,16-17,26-27H,6-7,9H2,1-3H3,(H2,22,23,24,25)/t16-,17+/m1/s1. The second kappa shape index (κ2) is 7.90. The minimum Gasteiger partial charge on any atom is -0.504 e. The second-order valence-corrected chi connectivity index (χ2v) is 7.52. The van der Waals surface area contributed by atoms with Crippen molar-refractivity contribution in [2.45, 2.75) is 38.8 Å². The van der Waals surface area contributed by atoms with E-state index in [0.29, 0.717) is 42.5 Å². The van der Waals surface area contributed by atoms with Gasteiger partial charge in [-0.2, -0.15) is 10.2 Å². The summed E-state index contributed by atoms with van der Waals surface area (Å²) in [6, 6.07) is 7.36. The molecule has 2 aromatic rings. The van der Waals surface area contributed by atoms with Crippen molar-refractivity contribution < 1.29 is 14.9 Å². The summed E-state index contributed by atoms with van der Waals surface area (Å²) < 4.78 is 5.12. The first-order valence-electron chi connectivity index (χ1n) is 9.16.